The highest BCUT2D eigenvalue weighted by atomic mass is 16.1. The molecule has 0 aromatic heterocycles. The zero-order chi connectivity index (χ0) is 16.6. The second-order valence-electron chi connectivity index (χ2n) is 9.94. The third kappa shape index (κ3) is 2.10. The number of Topliss-reactive ketones (excluding diaryl/α,β-unsaturated/α-hetero) is 1. The summed E-state index contributed by atoms with van der Waals surface area (Å²) in [6.07, 6.45) is 10.8. The summed E-state index contributed by atoms with van der Waals surface area (Å²) in [4.78, 5) is 16.1. The molecule has 0 amide bonds. The van der Waals surface area contributed by atoms with Crippen molar-refractivity contribution < 1.29 is 4.79 Å². The molecule has 0 radical (unpaired) electrons. The maximum absolute atomic E-state index is 13.3. The summed E-state index contributed by atoms with van der Waals surface area (Å²) in [6, 6.07) is 9.18. The molecule has 1 atom stereocenters. The Balaban J connectivity index is 1.29. The molecule has 1 aromatic carbocycles. The van der Waals surface area contributed by atoms with Crippen LogP contribution in [-0.4, -0.2) is 29.8 Å². The van der Waals surface area contributed by atoms with Crippen molar-refractivity contribution in [3.63, 3.8) is 0 Å². The molecule has 1 saturated heterocycles. The molecule has 1 aromatic rings. The molecule has 6 aliphatic rings. The number of carbonyl (C=O) groups excluding carboxylic acids is 1. The number of hydrogen-bond acceptors (Lipinski definition) is 2. The number of nitrogens with zero attached hydrogens (tertiary/aromatic N) is 1. The SMILES string of the molecule is O=C1c2ccccc2CC12CCCN(C1C3CC4CC(C3)CC1C4)C2. The number of likely N-dealkylation sites (tertiary alicyclic amines) is 1. The largest absolute Gasteiger partial charge is 0.299 e. The van der Waals surface area contributed by atoms with Crippen LogP contribution in [0.4, 0.5) is 0 Å². The third-order valence-corrected chi connectivity index (χ3v) is 8.48. The smallest absolute Gasteiger partial charge is 0.170 e. The van der Waals surface area contributed by atoms with Crippen molar-refractivity contribution in [2.24, 2.45) is 29.1 Å². The van der Waals surface area contributed by atoms with Gasteiger partial charge in [-0.1, -0.05) is 24.3 Å². The van der Waals surface area contributed by atoms with E-state index in [1.165, 1.54) is 50.6 Å². The first kappa shape index (κ1) is 15.0. The molecule has 132 valence electrons. The average Bonchev–Trinajstić information content (AvgIpc) is 2.86. The fraction of sp³-hybridized carbons (Fsp3) is 0.696. The van der Waals surface area contributed by atoms with Crippen LogP contribution in [0, 0.1) is 29.1 Å². The Labute approximate surface area is 151 Å². The van der Waals surface area contributed by atoms with Crippen LogP contribution in [0.25, 0.3) is 0 Å². The van der Waals surface area contributed by atoms with Crippen molar-refractivity contribution in [3.8, 4) is 0 Å². The molecule has 25 heavy (non-hydrogen) atoms. The first-order valence-corrected chi connectivity index (χ1v) is 10.6. The first-order chi connectivity index (χ1) is 12.2. The monoisotopic (exact) mass is 335 g/mol. The van der Waals surface area contributed by atoms with E-state index in [-0.39, 0.29) is 5.41 Å². The molecular formula is C23H29NO. The van der Waals surface area contributed by atoms with Gasteiger partial charge in [0, 0.05) is 18.2 Å². The highest BCUT2D eigenvalue weighted by Gasteiger charge is 2.54. The van der Waals surface area contributed by atoms with Gasteiger partial charge in [-0.15, -0.1) is 0 Å². The van der Waals surface area contributed by atoms with E-state index in [0.29, 0.717) is 5.78 Å². The van der Waals surface area contributed by atoms with Crippen LogP contribution in [-0.2, 0) is 6.42 Å². The normalized spacial score (nSPS) is 45.3. The lowest BCUT2D eigenvalue weighted by molar-refractivity contribution is -0.0823. The lowest BCUT2D eigenvalue weighted by atomic mass is 9.53. The van der Waals surface area contributed by atoms with Gasteiger partial charge in [0.1, 0.15) is 0 Å². The number of ketones is 1. The Kier molecular flexibility index (Phi) is 3.11. The van der Waals surface area contributed by atoms with E-state index in [1.807, 2.05) is 6.07 Å². The molecule has 7 rings (SSSR count). The number of rotatable bonds is 1. The van der Waals surface area contributed by atoms with Crippen LogP contribution < -0.4 is 0 Å². The van der Waals surface area contributed by atoms with E-state index >= 15 is 0 Å². The van der Waals surface area contributed by atoms with Crippen molar-refractivity contribution >= 4 is 5.78 Å². The van der Waals surface area contributed by atoms with Crippen LogP contribution >= 0.6 is 0 Å². The number of piperidine rings is 1. The number of fused-ring (bicyclic) bond motifs is 1. The van der Waals surface area contributed by atoms with Crippen molar-refractivity contribution in [2.45, 2.75) is 57.4 Å². The van der Waals surface area contributed by atoms with Crippen LogP contribution in [0.2, 0.25) is 0 Å². The quantitative estimate of drug-likeness (QED) is 0.761. The second kappa shape index (κ2) is 5.19. The fourth-order valence-electron chi connectivity index (χ4n) is 7.87. The maximum Gasteiger partial charge on any atom is 0.170 e. The third-order valence-electron chi connectivity index (χ3n) is 8.48. The van der Waals surface area contributed by atoms with Gasteiger partial charge in [0.05, 0.1) is 5.41 Å². The van der Waals surface area contributed by atoms with Gasteiger partial charge in [0.15, 0.2) is 5.78 Å². The highest BCUT2D eigenvalue weighted by Crippen LogP contribution is 2.56. The van der Waals surface area contributed by atoms with Crippen LogP contribution in [0.5, 0.6) is 0 Å². The van der Waals surface area contributed by atoms with Gasteiger partial charge >= 0.3 is 0 Å². The molecule has 5 aliphatic carbocycles. The summed E-state index contributed by atoms with van der Waals surface area (Å²) in [7, 11) is 0. The van der Waals surface area contributed by atoms with Gasteiger partial charge in [0.2, 0.25) is 0 Å². The standard InChI is InChI=1S/C23H29NO/c25-22-20-5-2-1-4-17(20)13-23(22)6-3-7-24(14-23)21-18-9-15-8-16(11-18)12-19(21)10-15/h1-2,4-5,15-16,18-19,21H,3,6-14H2. The molecular weight excluding hydrogens is 306 g/mol. The predicted molar refractivity (Wildman–Crippen MR) is 98.5 cm³/mol. The average molecular weight is 335 g/mol. The van der Waals surface area contributed by atoms with Crippen molar-refractivity contribution in [3.05, 3.63) is 35.4 Å². The molecule has 1 heterocycles. The minimum Gasteiger partial charge on any atom is -0.299 e. The topological polar surface area (TPSA) is 20.3 Å². The minimum atomic E-state index is -0.101. The number of benzene rings is 1. The summed E-state index contributed by atoms with van der Waals surface area (Å²) in [5, 5.41) is 0. The predicted octanol–water partition coefficient (Wildman–Crippen LogP) is 4.33. The van der Waals surface area contributed by atoms with Gasteiger partial charge in [-0.2, -0.15) is 0 Å². The Morgan fingerprint density at radius 2 is 1.68 bits per heavy atom. The molecule has 0 N–H and O–H groups in total. The number of hydrogen-bond donors (Lipinski definition) is 0. The first-order valence-electron chi connectivity index (χ1n) is 10.6. The van der Waals surface area contributed by atoms with Crippen LogP contribution in [0.1, 0.15) is 60.9 Å². The van der Waals surface area contributed by atoms with Crippen molar-refractivity contribution in [2.75, 3.05) is 13.1 Å². The van der Waals surface area contributed by atoms with Crippen LogP contribution in [0.15, 0.2) is 24.3 Å². The second-order valence-corrected chi connectivity index (χ2v) is 9.94. The number of carbonyl (C=O) groups is 1. The molecule has 2 heteroatoms. The Morgan fingerprint density at radius 3 is 2.40 bits per heavy atom. The lowest BCUT2D eigenvalue weighted by Gasteiger charge is -2.59. The molecule has 1 spiro atoms. The lowest BCUT2D eigenvalue weighted by Crippen LogP contribution is -2.60. The molecule has 5 fully saturated rings. The zero-order valence-electron chi connectivity index (χ0n) is 15.1. The summed E-state index contributed by atoms with van der Waals surface area (Å²) >= 11 is 0. The van der Waals surface area contributed by atoms with Gasteiger partial charge in [-0.05, 0) is 87.1 Å². The van der Waals surface area contributed by atoms with E-state index in [9.17, 15) is 4.79 Å². The van der Waals surface area contributed by atoms with Crippen molar-refractivity contribution in [1.29, 1.82) is 0 Å². The van der Waals surface area contributed by atoms with E-state index in [2.05, 4.69) is 23.1 Å². The van der Waals surface area contributed by atoms with E-state index in [4.69, 9.17) is 0 Å². The Morgan fingerprint density at radius 1 is 0.960 bits per heavy atom. The maximum atomic E-state index is 13.3. The fourth-order valence-corrected chi connectivity index (χ4v) is 7.87. The minimum absolute atomic E-state index is 0.101. The molecule has 1 aliphatic heterocycles. The van der Waals surface area contributed by atoms with Gasteiger partial charge < -0.3 is 0 Å². The highest BCUT2D eigenvalue weighted by molar-refractivity contribution is 6.05. The van der Waals surface area contributed by atoms with Gasteiger partial charge in [-0.3, -0.25) is 9.69 Å². The van der Waals surface area contributed by atoms with E-state index < -0.39 is 0 Å². The molecule has 1 unspecified atom stereocenters. The van der Waals surface area contributed by atoms with Crippen molar-refractivity contribution in [1.82, 2.24) is 4.90 Å². The van der Waals surface area contributed by atoms with E-state index in [0.717, 1.165) is 54.7 Å². The summed E-state index contributed by atoms with van der Waals surface area (Å²) in [5.41, 5.74) is 2.23. The van der Waals surface area contributed by atoms with Gasteiger partial charge in [-0.25, -0.2) is 0 Å². The summed E-state index contributed by atoms with van der Waals surface area (Å²) in [6.45, 7) is 2.27. The van der Waals surface area contributed by atoms with Crippen LogP contribution in [0.3, 0.4) is 0 Å². The Hall–Kier alpha value is -1.15. The Bertz CT molecular complexity index is 697. The summed E-state index contributed by atoms with van der Waals surface area (Å²) in [5.74, 6) is 4.40. The molecule has 4 saturated carbocycles. The zero-order valence-corrected chi connectivity index (χ0v) is 15.1. The van der Waals surface area contributed by atoms with Gasteiger partial charge in [0.25, 0.3) is 0 Å². The molecule has 2 nitrogen and oxygen atoms in total. The van der Waals surface area contributed by atoms with E-state index in [1.54, 1.807) is 0 Å². The summed E-state index contributed by atoms with van der Waals surface area (Å²) < 4.78 is 0. The molecule has 4 bridgehead atoms.